The van der Waals surface area contributed by atoms with E-state index in [1.54, 1.807) is 3.28 Å². The monoisotopic (exact) mass is 303 g/mol. The van der Waals surface area contributed by atoms with Crippen molar-refractivity contribution in [3.63, 3.8) is 0 Å². The second-order valence-corrected chi connectivity index (χ2v) is 6.98. The molecule has 1 heterocycles. The second kappa shape index (κ2) is 2.31. The van der Waals surface area contributed by atoms with E-state index in [0.717, 1.165) is 0 Å². The van der Waals surface area contributed by atoms with Gasteiger partial charge in [-0.25, -0.2) is 0 Å². The standard InChI is InChI=1S/C7H9.Bi.H/c1-5-7(4)6(2)3;;/h1-2,4H3;;. The Morgan fingerprint density at radius 2 is 1.88 bits per heavy atom. The fourth-order valence-corrected chi connectivity index (χ4v) is 4.30. The van der Waals surface area contributed by atoms with E-state index in [1.165, 1.54) is 11.1 Å². The SMILES string of the molecule is CC1=[C][BiH][C](C)=C1C. The van der Waals surface area contributed by atoms with Gasteiger partial charge in [0, 0.05) is 0 Å². The van der Waals surface area contributed by atoms with E-state index in [1.807, 2.05) is 0 Å². The summed E-state index contributed by atoms with van der Waals surface area (Å²) in [4.78, 5) is 0. The summed E-state index contributed by atoms with van der Waals surface area (Å²) in [6, 6.07) is 0. The van der Waals surface area contributed by atoms with Crippen LogP contribution in [0.25, 0.3) is 0 Å². The Labute approximate surface area is 62.2 Å². The van der Waals surface area contributed by atoms with E-state index in [4.69, 9.17) is 0 Å². The first-order chi connectivity index (χ1) is 3.72. The van der Waals surface area contributed by atoms with Crippen molar-refractivity contribution in [1.82, 2.24) is 0 Å². The zero-order chi connectivity index (χ0) is 6.15. The summed E-state index contributed by atoms with van der Waals surface area (Å²) in [6.45, 7) is 6.62. The first kappa shape index (κ1) is 6.48. The zero-order valence-electron chi connectivity index (χ0n) is 5.50. The van der Waals surface area contributed by atoms with Crippen LogP contribution in [0.15, 0.2) is 14.4 Å². The molecule has 0 aromatic carbocycles. The predicted octanol–water partition coefficient (Wildman–Crippen LogP) is 1.44. The van der Waals surface area contributed by atoms with Crippen LogP contribution in [0.4, 0.5) is 0 Å². The zero-order valence-corrected chi connectivity index (χ0v) is 9.39. The first-order valence-corrected chi connectivity index (χ1v) is 6.64. The van der Waals surface area contributed by atoms with Crippen LogP contribution >= 0.6 is 0 Å². The molecule has 0 bridgehead atoms. The van der Waals surface area contributed by atoms with Crippen molar-refractivity contribution in [2.24, 2.45) is 0 Å². The molecule has 0 unspecified atom stereocenters. The normalized spacial score (nSPS) is 19.6. The van der Waals surface area contributed by atoms with Gasteiger partial charge in [-0.15, -0.1) is 0 Å². The minimum atomic E-state index is -0.470. The summed E-state index contributed by atoms with van der Waals surface area (Å²) < 4.78 is 5.12. The molecule has 8 heavy (non-hydrogen) atoms. The van der Waals surface area contributed by atoms with Crippen molar-refractivity contribution in [2.45, 2.75) is 20.8 Å². The molecule has 0 aromatic heterocycles. The van der Waals surface area contributed by atoms with E-state index < -0.39 is 23.2 Å². The maximum atomic E-state index is 3.46. The summed E-state index contributed by atoms with van der Waals surface area (Å²) in [5.74, 6) is 0. The van der Waals surface area contributed by atoms with Crippen molar-refractivity contribution in [1.29, 1.82) is 0 Å². The molecular weight excluding hydrogens is 293 g/mol. The summed E-state index contributed by atoms with van der Waals surface area (Å²) in [5, 5.41) is 0. The van der Waals surface area contributed by atoms with Crippen molar-refractivity contribution in [3.05, 3.63) is 18.2 Å². The molecule has 0 atom stereocenters. The number of hydrogen-bond acceptors (Lipinski definition) is 0. The van der Waals surface area contributed by atoms with E-state index in [9.17, 15) is 0 Å². The Bertz CT molecular complexity index is 158. The van der Waals surface area contributed by atoms with Gasteiger partial charge >= 0.3 is 62.2 Å². The summed E-state index contributed by atoms with van der Waals surface area (Å²) >= 11 is -0.470. The topological polar surface area (TPSA) is 0 Å². The molecule has 1 radical (unpaired) electrons. The fourth-order valence-electron chi connectivity index (χ4n) is 0.656. The van der Waals surface area contributed by atoms with Crippen molar-refractivity contribution in [3.8, 4) is 0 Å². The molecule has 1 aliphatic heterocycles. The second-order valence-electron chi connectivity index (χ2n) is 2.12. The molecule has 0 nitrogen and oxygen atoms in total. The van der Waals surface area contributed by atoms with Crippen LogP contribution < -0.4 is 0 Å². The molecule has 0 saturated carbocycles. The van der Waals surface area contributed by atoms with Gasteiger partial charge in [0.15, 0.2) is 0 Å². The van der Waals surface area contributed by atoms with Gasteiger partial charge in [0.1, 0.15) is 0 Å². The molecule has 0 saturated heterocycles. The van der Waals surface area contributed by atoms with Crippen LogP contribution in [0.5, 0.6) is 0 Å². The minimum absolute atomic E-state index is 0.470. The summed E-state index contributed by atoms with van der Waals surface area (Å²) in [6.07, 6.45) is 0. The molecule has 1 rings (SSSR count). The number of hydrogen-bond donors (Lipinski definition) is 0. The Morgan fingerprint density at radius 1 is 1.25 bits per heavy atom. The van der Waals surface area contributed by atoms with Crippen LogP contribution in [0.2, 0.25) is 0 Å². The third-order valence-corrected chi connectivity index (χ3v) is 6.42. The Morgan fingerprint density at radius 3 is 2.00 bits per heavy atom. The van der Waals surface area contributed by atoms with Crippen LogP contribution in [0, 0.1) is 3.78 Å². The van der Waals surface area contributed by atoms with Crippen molar-refractivity contribution in [2.75, 3.05) is 0 Å². The van der Waals surface area contributed by atoms with Crippen LogP contribution in [-0.4, -0.2) is 23.2 Å². The van der Waals surface area contributed by atoms with Gasteiger partial charge in [-0.1, -0.05) is 0 Å². The Balaban J connectivity index is 2.88. The summed E-state index contributed by atoms with van der Waals surface area (Å²) in [7, 11) is 0. The molecule has 1 heteroatoms. The predicted molar refractivity (Wildman–Crippen MR) is 38.0 cm³/mol. The molecule has 0 amide bonds. The van der Waals surface area contributed by atoms with Crippen LogP contribution in [0.3, 0.4) is 0 Å². The van der Waals surface area contributed by atoms with E-state index in [0.29, 0.717) is 0 Å². The molecule has 0 aliphatic carbocycles. The van der Waals surface area contributed by atoms with Gasteiger partial charge in [0.2, 0.25) is 0 Å². The van der Waals surface area contributed by atoms with Gasteiger partial charge in [-0.05, 0) is 0 Å². The molecule has 43 valence electrons. The van der Waals surface area contributed by atoms with Crippen LogP contribution in [-0.2, 0) is 0 Å². The van der Waals surface area contributed by atoms with Crippen molar-refractivity contribution >= 4 is 23.2 Å². The quantitative estimate of drug-likeness (QED) is 0.594. The number of rotatable bonds is 0. The molecule has 0 aromatic rings. The van der Waals surface area contributed by atoms with Gasteiger partial charge in [0.05, 0.1) is 0 Å². The van der Waals surface area contributed by atoms with Gasteiger partial charge in [0.25, 0.3) is 0 Å². The van der Waals surface area contributed by atoms with Crippen molar-refractivity contribution < 1.29 is 0 Å². The van der Waals surface area contributed by atoms with E-state index in [2.05, 4.69) is 24.6 Å². The number of allylic oxidation sites excluding steroid dienone is 3. The van der Waals surface area contributed by atoms with E-state index in [-0.39, 0.29) is 0 Å². The summed E-state index contributed by atoms with van der Waals surface area (Å²) in [5.41, 5.74) is 2.94. The third-order valence-electron chi connectivity index (χ3n) is 1.56. The average molecular weight is 303 g/mol. The maximum absolute atomic E-state index is 3.46. The van der Waals surface area contributed by atoms with Gasteiger partial charge in [-0.3, -0.25) is 0 Å². The molecule has 0 spiro atoms. The molecular formula is C7H10Bi. The molecule has 0 fully saturated rings. The first-order valence-electron chi connectivity index (χ1n) is 2.75. The molecule has 0 N–H and O–H groups in total. The third kappa shape index (κ3) is 1.02. The Hall–Kier alpha value is 0.363. The van der Waals surface area contributed by atoms with E-state index >= 15 is 0 Å². The Kier molecular flexibility index (Phi) is 1.87. The van der Waals surface area contributed by atoms with Gasteiger partial charge in [-0.2, -0.15) is 0 Å². The van der Waals surface area contributed by atoms with Crippen LogP contribution in [0.1, 0.15) is 20.8 Å². The van der Waals surface area contributed by atoms with Gasteiger partial charge < -0.3 is 0 Å². The fraction of sp³-hybridized carbons (Fsp3) is 0.429. The molecule has 1 aliphatic rings. The average Bonchev–Trinajstić information content (AvgIpc) is 1.98.